The van der Waals surface area contributed by atoms with E-state index in [4.69, 9.17) is 24.4 Å². The SMILES string of the molecule is Cc1cc2c(cc1-c1n(C)c3ccccc3[n+]1C)oc1nc(-c3nc(C(C)(C)C)nc(C(C)(C)C)n3)ccc12. The van der Waals surface area contributed by atoms with Crippen molar-refractivity contribution < 1.29 is 8.98 Å². The zero-order valence-electron chi connectivity index (χ0n) is 24.2. The molecule has 7 heteroatoms. The summed E-state index contributed by atoms with van der Waals surface area (Å²) in [4.78, 5) is 19.4. The maximum atomic E-state index is 6.38. The van der Waals surface area contributed by atoms with Crippen molar-refractivity contribution in [3.05, 3.63) is 65.7 Å². The van der Waals surface area contributed by atoms with Gasteiger partial charge in [0.15, 0.2) is 16.9 Å². The Bertz CT molecular complexity index is 1840. The van der Waals surface area contributed by atoms with Crippen molar-refractivity contribution in [1.82, 2.24) is 24.5 Å². The van der Waals surface area contributed by atoms with Crippen molar-refractivity contribution >= 4 is 33.1 Å². The van der Waals surface area contributed by atoms with Crippen LogP contribution in [0.5, 0.6) is 0 Å². The lowest BCUT2D eigenvalue weighted by Crippen LogP contribution is -2.30. The largest absolute Gasteiger partial charge is 0.438 e. The van der Waals surface area contributed by atoms with Crippen molar-refractivity contribution in [2.75, 3.05) is 0 Å². The fourth-order valence-corrected chi connectivity index (χ4v) is 5.18. The molecular weight excluding hydrogens is 484 g/mol. The molecule has 0 aliphatic carbocycles. The van der Waals surface area contributed by atoms with Gasteiger partial charge in [-0.25, -0.2) is 29.1 Å². The smallest absolute Gasteiger partial charge is 0.289 e. The van der Waals surface area contributed by atoms with E-state index in [1.165, 1.54) is 16.6 Å². The van der Waals surface area contributed by atoms with Crippen LogP contribution in [0.25, 0.3) is 56.0 Å². The van der Waals surface area contributed by atoms with E-state index in [9.17, 15) is 0 Å². The van der Waals surface area contributed by atoms with Crippen molar-refractivity contribution in [2.45, 2.75) is 59.3 Å². The van der Waals surface area contributed by atoms with Crippen molar-refractivity contribution in [1.29, 1.82) is 0 Å². The second-order valence-corrected chi connectivity index (χ2v) is 12.6. The number of nitrogens with zero attached hydrogens (tertiary/aromatic N) is 6. The summed E-state index contributed by atoms with van der Waals surface area (Å²) in [5.74, 6) is 3.21. The molecule has 0 saturated heterocycles. The summed E-state index contributed by atoms with van der Waals surface area (Å²) in [6, 6.07) is 16.8. The van der Waals surface area contributed by atoms with Crippen molar-refractivity contribution in [3.8, 4) is 22.9 Å². The van der Waals surface area contributed by atoms with Gasteiger partial charge in [0, 0.05) is 21.6 Å². The lowest BCUT2D eigenvalue weighted by atomic mass is 9.93. The normalized spacial score (nSPS) is 12.7. The molecule has 0 N–H and O–H groups in total. The third-order valence-electron chi connectivity index (χ3n) is 7.37. The highest BCUT2D eigenvalue weighted by Crippen LogP contribution is 2.35. The summed E-state index contributed by atoms with van der Waals surface area (Å²) in [6.07, 6.45) is 0. The molecule has 0 aliphatic heterocycles. The number of benzene rings is 2. The van der Waals surface area contributed by atoms with Gasteiger partial charge in [-0.1, -0.05) is 53.7 Å². The molecule has 2 aromatic carbocycles. The second kappa shape index (κ2) is 8.43. The number of fused-ring (bicyclic) bond motifs is 4. The van der Waals surface area contributed by atoms with Gasteiger partial charge in [0.1, 0.15) is 22.9 Å². The molecule has 0 saturated carbocycles. The van der Waals surface area contributed by atoms with Crippen molar-refractivity contribution in [3.63, 3.8) is 0 Å². The van der Waals surface area contributed by atoms with Gasteiger partial charge < -0.3 is 4.42 Å². The zero-order valence-corrected chi connectivity index (χ0v) is 24.2. The summed E-state index contributed by atoms with van der Waals surface area (Å²) in [5.41, 5.74) is 6.32. The molecular formula is C32H35N6O+. The van der Waals surface area contributed by atoms with Gasteiger partial charge in [0.25, 0.3) is 5.82 Å². The Morgan fingerprint density at radius 3 is 2.10 bits per heavy atom. The highest BCUT2D eigenvalue weighted by molar-refractivity contribution is 6.05. The quantitative estimate of drug-likeness (QED) is 0.238. The Labute approximate surface area is 228 Å². The average Bonchev–Trinajstić information content (AvgIpc) is 3.35. The van der Waals surface area contributed by atoms with Crippen LogP contribution in [0.3, 0.4) is 0 Å². The van der Waals surface area contributed by atoms with E-state index in [2.05, 4.69) is 114 Å². The van der Waals surface area contributed by atoms with Crippen LogP contribution < -0.4 is 4.57 Å². The zero-order chi connectivity index (χ0) is 27.9. The average molecular weight is 520 g/mol. The molecule has 39 heavy (non-hydrogen) atoms. The monoisotopic (exact) mass is 519 g/mol. The molecule has 0 aliphatic rings. The number of para-hydroxylation sites is 2. The van der Waals surface area contributed by atoms with E-state index >= 15 is 0 Å². The standard InChI is InChI=1S/C32H35N6O/c1-18-16-21-19-14-15-22(26-34-29(31(2,3)4)36-30(35-26)32(5,6)7)33-27(19)39-25(21)17-20(18)28-37(8)23-12-10-11-13-24(23)38(28)9/h10-17H,1-9H3/q+1. The number of hydrogen-bond donors (Lipinski definition) is 0. The number of imidazole rings is 1. The topological polar surface area (TPSA) is 73.5 Å². The minimum absolute atomic E-state index is 0.215. The van der Waals surface area contributed by atoms with Crippen LogP contribution in [0.2, 0.25) is 0 Å². The molecule has 0 radical (unpaired) electrons. The number of furan rings is 1. The molecule has 0 amide bonds. The highest BCUT2D eigenvalue weighted by Gasteiger charge is 2.27. The van der Waals surface area contributed by atoms with E-state index in [1.807, 2.05) is 6.07 Å². The summed E-state index contributed by atoms with van der Waals surface area (Å²) < 4.78 is 10.9. The molecule has 7 nitrogen and oxygen atoms in total. The fraction of sp³-hybridized carbons (Fsp3) is 0.344. The van der Waals surface area contributed by atoms with Crippen LogP contribution in [-0.2, 0) is 24.9 Å². The van der Waals surface area contributed by atoms with Crippen LogP contribution in [0.4, 0.5) is 0 Å². The fourth-order valence-electron chi connectivity index (χ4n) is 5.18. The van der Waals surface area contributed by atoms with Gasteiger partial charge in [-0.3, -0.25) is 0 Å². The number of hydrogen-bond acceptors (Lipinski definition) is 5. The van der Waals surface area contributed by atoms with Crippen LogP contribution in [0.1, 0.15) is 58.8 Å². The Hall–Kier alpha value is -4.13. The lowest BCUT2D eigenvalue weighted by molar-refractivity contribution is -0.634. The van der Waals surface area contributed by atoms with Crippen LogP contribution in [0, 0.1) is 6.92 Å². The predicted octanol–water partition coefficient (Wildman–Crippen LogP) is 6.72. The van der Waals surface area contributed by atoms with Gasteiger partial charge >= 0.3 is 0 Å². The molecule has 6 rings (SSSR count). The first kappa shape index (κ1) is 25.2. The highest BCUT2D eigenvalue weighted by atomic mass is 16.3. The molecule has 6 aromatic rings. The minimum atomic E-state index is -0.215. The summed E-state index contributed by atoms with van der Waals surface area (Å²) in [6.45, 7) is 14.8. The predicted molar refractivity (Wildman–Crippen MR) is 156 cm³/mol. The number of aryl methyl sites for hydroxylation is 3. The molecule has 4 heterocycles. The number of rotatable bonds is 2. The molecule has 0 spiro atoms. The molecule has 0 unspecified atom stereocenters. The third kappa shape index (κ3) is 4.08. The molecule has 0 bridgehead atoms. The van der Waals surface area contributed by atoms with Crippen molar-refractivity contribution in [2.24, 2.45) is 14.1 Å². The first-order chi connectivity index (χ1) is 18.3. The van der Waals surface area contributed by atoms with E-state index in [-0.39, 0.29) is 10.8 Å². The third-order valence-corrected chi connectivity index (χ3v) is 7.37. The Kier molecular flexibility index (Phi) is 5.44. The number of aromatic nitrogens is 6. The molecule has 198 valence electrons. The molecule has 0 fully saturated rings. The molecule has 4 aromatic heterocycles. The van der Waals surface area contributed by atoms with Crippen LogP contribution in [-0.4, -0.2) is 24.5 Å². The minimum Gasteiger partial charge on any atom is -0.438 e. The van der Waals surface area contributed by atoms with Crippen LogP contribution >= 0.6 is 0 Å². The number of pyridine rings is 1. The Balaban J connectivity index is 1.52. The Morgan fingerprint density at radius 1 is 0.795 bits per heavy atom. The first-order valence-corrected chi connectivity index (χ1v) is 13.4. The van der Waals surface area contributed by atoms with E-state index < -0.39 is 0 Å². The second-order valence-electron chi connectivity index (χ2n) is 12.6. The van der Waals surface area contributed by atoms with E-state index in [0.717, 1.165) is 39.4 Å². The first-order valence-electron chi connectivity index (χ1n) is 13.4. The summed E-state index contributed by atoms with van der Waals surface area (Å²) in [7, 11) is 4.22. The van der Waals surface area contributed by atoms with Crippen LogP contribution in [0.15, 0.2) is 52.9 Å². The molecule has 0 atom stereocenters. The van der Waals surface area contributed by atoms with Gasteiger partial charge in [-0.2, -0.15) is 0 Å². The summed E-state index contributed by atoms with van der Waals surface area (Å²) in [5, 5.41) is 2.03. The van der Waals surface area contributed by atoms with E-state index in [0.29, 0.717) is 17.2 Å². The van der Waals surface area contributed by atoms with Gasteiger partial charge in [-0.15, -0.1) is 0 Å². The maximum absolute atomic E-state index is 6.38. The van der Waals surface area contributed by atoms with E-state index in [1.54, 1.807) is 0 Å². The van der Waals surface area contributed by atoms with Gasteiger partial charge in [-0.05, 0) is 48.9 Å². The van der Waals surface area contributed by atoms with Gasteiger partial charge in [0.2, 0.25) is 5.71 Å². The maximum Gasteiger partial charge on any atom is 0.289 e. The summed E-state index contributed by atoms with van der Waals surface area (Å²) >= 11 is 0. The lowest BCUT2D eigenvalue weighted by Gasteiger charge is -2.22. The van der Waals surface area contributed by atoms with Gasteiger partial charge in [0.05, 0.1) is 19.7 Å². The Morgan fingerprint density at radius 2 is 1.46 bits per heavy atom.